The van der Waals surface area contributed by atoms with Crippen LogP contribution in [-0.4, -0.2) is 49.3 Å². The molecule has 2 aliphatic rings. The fourth-order valence-corrected chi connectivity index (χ4v) is 3.00. The summed E-state index contributed by atoms with van der Waals surface area (Å²) in [4.78, 5) is 2.62. The lowest BCUT2D eigenvalue weighted by molar-refractivity contribution is 0.0856. The van der Waals surface area contributed by atoms with Crippen molar-refractivity contribution in [3.63, 3.8) is 0 Å². The van der Waals surface area contributed by atoms with E-state index in [4.69, 9.17) is 4.74 Å². The van der Waals surface area contributed by atoms with Crippen molar-refractivity contribution in [2.24, 2.45) is 5.92 Å². The van der Waals surface area contributed by atoms with Gasteiger partial charge in [0, 0.05) is 31.3 Å². The Bertz CT molecular complexity index is 242. The lowest BCUT2D eigenvalue weighted by atomic mass is 9.95. The quantitative estimate of drug-likeness (QED) is 0.743. The van der Waals surface area contributed by atoms with E-state index in [0.29, 0.717) is 11.6 Å². The Balaban J connectivity index is 1.91. The molecule has 2 rings (SSSR count). The summed E-state index contributed by atoms with van der Waals surface area (Å²) in [6.45, 7) is 12.0. The molecule has 1 saturated carbocycles. The molecule has 1 N–H and O–H groups in total. The molecule has 0 aromatic carbocycles. The van der Waals surface area contributed by atoms with Gasteiger partial charge in [0.15, 0.2) is 0 Å². The van der Waals surface area contributed by atoms with Crippen molar-refractivity contribution in [3.8, 4) is 0 Å². The molecule has 100 valence electrons. The first kappa shape index (κ1) is 13.3. The Hall–Kier alpha value is -0.120. The topological polar surface area (TPSA) is 24.5 Å². The normalized spacial score (nSPS) is 35.8. The molecule has 0 spiro atoms. The number of nitrogens with one attached hydrogen (secondary N) is 1. The van der Waals surface area contributed by atoms with Crippen molar-refractivity contribution in [2.75, 3.05) is 32.8 Å². The molecular formula is C14H28N2O. The van der Waals surface area contributed by atoms with Crippen LogP contribution in [0, 0.1) is 5.92 Å². The summed E-state index contributed by atoms with van der Waals surface area (Å²) in [7, 11) is 0. The smallest absolute Gasteiger partial charge is 0.0593 e. The fourth-order valence-electron chi connectivity index (χ4n) is 3.00. The van der Waals surface area contributed by atoms with Crippen molar-refractivity contribution in [3.05, 3.63) is 0 Å². The van der Waals surface area contributed by atoms with E-state index in [1.807, 2.05) is 0 Å². The van der Waals surface area contributed by atoms with E-state index in [2.05, 4.69) is 31.0 Å². The molecule has 2 atom stereocenters. The number of nitrogens with zero attached hydrogens (tertiary/aromatic N) is 1. The van der Waals surface area contributed by atoms with Gasteiger partial charge in [0.25, 0.3) is 0 Å². The third-order valence-electron chi connectivity index (χ3n) is 4.45. The second-order valence-electron chi connectivity index (χ2n) is 5.92. The van der Waals surface area contributed by atoms with Crippen LogP contribution >= 0.6 is 0 Å². The van der Waals surface area contributed by atoms with Gasteiger partial charge in [-0.1, -0.05) is 0 Å². The van der Waals surface area contributed by atoms with Gasteiger partial charge in [0.1, 0.15) is 0 Å². The zero-order valence-electron chi connectivity index (χ0n) is 11.7. The molecule has 0 radical (unpaired) electrons. The largest absolute Gasteiger partial charge is 0.380 e. The van der Waals surface area contributed by atoms with E-state index >= 15 is 0 Å². The Morgan fingerprint density at radius 1 is 1.35 bits per heavy atom. The lowest BCUT2D eigenvalue weighted by Gasteiger charge is -2.35. The lowest BCUT2D eigenvalue weighted by Crippen LogP contribution is -2.52. The van der Waals surface area contributed by atoms with Crippen molar-refractivity contribution in [1.82, 2.24) is 10.2 Å². The zero-order chi connectivity index (χ0) is 12.3. The Morgan fingerprint density at radius 2 is 2.12 bits per heavy atom. The number of rotatable bonds is 5. The number of hydrogen-bond donors (Lipinski definition) is 1. The summed E-state index contributed by atoms with van der Waals surface area (Å²) >= 11 is 0. The minimum Gasteiger partial charge on any atom is -0.380 e. The van der Waals surface area contributed by atoms with Crippen LogP contribution in [0.1, 0.15) is 40.0 Å². The first-order chi connectivity index (χ1) is 8.15. The number of ether oxygens (including phenoxy) is 1. The number of hydrogen-bond acceptors (Lipinski definition) is 3. The SMILES string of the molecule is CCOCCN1CC(C)(C2CC2)NCCC1C. The summed E-state index contributed by atoms with van der Waals surface area (Å²) in [5.74, 6) is 0.905. The van der Waals surface area contributed by atoms with E-state index < -0.39 is 0 Å². The predicted molar refractivity (Wildman–Crippen MR) is 71.3 cm³/mol. The van der Waals surface area contributed by atoms with E-state index in [1.54, 1.807) is 0 Å². The Morgan fingerprint density at radius 3 is 2.76 bits per heavy atom. The minimum atomic E-state index is 0.344. The minimum absolute atomic E-state index is 0.344. The maximum Gasteiger partial charge on any atom is 0.0593 e. The van der Waals surface area contributed by atoms with Gasteiger partial charge in [-0.05, 0) is 52.5 Å². The highest BCUT2D eigenvalue weighted by molar-refractivity contribution is 5.01. The van der Waals surface area contributed by atoms with E-state index in [0.717, 1.165) is 25.7 Å². The van der Waals surface area contributed by atoms with Crippen LogP contribution in [-0.2, 0) is 4.74 Å². The standard InChI is InChI=1S/C14H28N2O/c1-4-17-10-9-16-11-14(3,13-5-6-13)15-8-7-12(16)2/h12-13,15H,4-11H2,1-3H3. The van der Waals surface area contributed by atoms with Crippen molar-refractivity contribution < 1.29 is 4.74 Å². The molecule has 1 aliphatic carbocycles. The highest BCUT2D eigenvalue weighted by atomic mass is 16.5. The van der Waals surface area contributed by atoms with Crippen molar-refractivity contribution in [1.29, 1.82) is 0 Å². The summed E-state index contributed by atoms with van der Waals surface area (Å²) in [6.07, 6.45) is 4.09. The maximum atomic E-state index is 5.51. The van der Waals surface area contributed by atoms with Crippen LogP contribution in [0.25, 0.3) is 0 Å². The summed E-state index contributed by atoms with van der Waals surface area (Å²) in [5, 5.41) is 3.79. The third-order valence-corrected chi connectivity index (χ3v) is 4.45. The second kappa shape index (κ2) is 5.68. The Labute approximate surface area is 106 Å². The average molecular weight is 240 g/mol. The molecule has 3 nitrogen and oxygen atoms in total. The summed E-state index contributed by atoms with van der Waals surface area (Å²) in [6, 6.07) is 0.684. The molecular weight excluding hydrogens is 212 g/mol. The predicted octanol–water partition coefficient (Wildman–Crippen LogP) is 1.88. The van der Waals surface area contributed by atoms with Gasteiger partial charge in [0.2, 0.25) is 0 Å². The zero-order valence-corrected chi connectivity index (χ0v) is 11.7. The summed E-state index contributed by atoms with van der Waals surface area (Å²) in [5.41, 5.74) is 0.344. The third kappa shape index (κ3) is 3.43. The van der Waals surface area contributed by atoms with Crippen molar-refractivity contribution >= 4 is 0 Å². The van der Waals surface area contributed by atoms with Crippen LogP contribution in [0.4, 0.5) is 0 Å². The molecule has 0 aromatic heterocycles. The Kier molecular flexibility index (Phi) is 4.45. The van der Waals surface area contributed by atoms with Gasteiger partial charge in [-0.3, -0.25) is 4.90 Å². The molecule has 1 saturated heterocycles. The molecule has 1 heterocycles. The van der Waals surface area contributed by atoms with Crippen molar-refractivity contribution in [2.45, 2.75) is 51.6 Å². The molecule has 17 heavy (non-hydrogen) atoms. The highest BCUT2D eigenvalue weighted by Crippen LogP contribution is 2.40. The van der Waals surface area contributed by atoms with E-state index in [1.165, 1.54) is 32.4 Å². The first-order valence-corrected chi connectivity index (χ1v) is 7.22. The molecule has 2 fully saturated rings. The van der Waals surface area contributed by atoms with Gasteiger partial charge in [-0.15, -0.1) is 0 Å². The van der Waals surface area contributed by atoms with Crippen LogP contribution in [0.3, 0.4) is 0 Å². The molecule has 0 aromatic rings. The van der Waals surface area contributed by atoms with Gasteiger partial charge in [-0.25, -0.2) is 0 Å². The van der Waals surface area contributed by atoms with Gasteiger partial charge >= 0.3 is 0 Å². The van der Waals surface area contributed by atoms with E-state index in [-0.39, 0.29) is 0 Å². The second-order valence-corrected chi connectivity index (χ2v) is 5.92. The monoisotopic (exact) mass is 240 g/mol. The molecule has 2 unspecified atom stereocenters. The van der Waals surface area contributed by atoms with Gasteiger partial charge in [-0.2, -0.15) is 0 Å². The summed E-state index contributed by atoms with van der Waals surface area (Å²) < 4.78 is 5.51. The van der Waals surface area contributed by atoms with Gasteiger partial charge in [0.05, 0.1) is 6.61 Å². The van der Waals surface area contributed by atoms with Gasteiger partial charge < -0.3 is 10.1 Å². The van der Waals surface area contributed by atoms with Crippen LogP contribution in [0.2, 0.25) is 0 Å². The van der Waals surface area contributed by atoms with Crippen LogP contribution < -0.4 is 5.32 Å². The first-order valence-electron chi connectivity index (χ1n) is 7.22. The molecule has 1 aliphatic heterocycles. The fraction of sp³-hybridized carbons (Fsp3) is 1.00. The maximum absolute atomic E-state index is 5.51. The highest BCUT2D eigenvalue weighted by Gasteiger charge is 2.43. The van der Waals surface area contributed by atoms with Crippen LogP contribution in [0.15, 0.2) is 0 Å². The molecule has 0 bridgehead atoms. The molecule has 0 amide bonds. The molecule has 3 heteroatoms. The van der Waals surface area contributed by atoms with E-state index in [9.17, 15) is 0 Å². The van der Waals surface area contributed by atoms with Crippen LogP contribution in [0.5, 0.6) is 0 Å². The average Bonchev–Trinajstić information content (AvgIpc) is 3.10.